The molecule has 0 unspecified atom stereocenters. The van der Waals surface area contributed by atoms with Gasteiger partial charge in [0.25, 0.3) is 0 Å². The molecule has 0 bridgehead atoms. The highest BCUT2D eigenvalue weighted by molar-refractivity contribution is 6.14. The van der Waals surface area contributed by atoms with E-state index in [-0.39, 0.29) is 0 Å². The van der Waals surface area contributed by atoms with Gasteiger partial charge in [-0.05, 0) is 101 Å². The summed E-state index contributed by atoms with van der Waals surface area (Å²) in [5, 5.41) is 18.1. The van der Waals surface area contributed by atoms with Crippen LogP contribution in [0.2, 0.25) is 0 Å². The summed E-state index contributed by atoms with van der Waals surface area (Å²) in [6.45, 7) is 0. The van der Waals surface area contributed by atoms with Crippen LogP contribution in [0.15, 0.2) is 267 Å². The summed E-state index contributed by atoms with van der Waals surface area (Å²) in [6.07, 6.45) is 0. The van der Waals surface area contributed by atoms with Gasteiger partial charge in [0.1, 0.15) is 6.07 Å². The molecule has 0 aliphatic carbocycles. The molecule has 15 rings (SSSR count). The van der Waals surface area contributed by atoms with Crippen molar-refractivity contribution in [1.29, 1.82) is 5.26 Å². The van der Waals surface area contributed by atoms with Crippen molar-refractivity contribution in [3.05, 3.63) is 272 Å². The van der Waals surface area contributed by atoms with Gasteiger partial charge in [-0.2, -0.15) is 5.26 Å². The van der Waals surface area contributed by atoms with Gasteiger partial charge in [0.05, 0.1) is 55.7 Å². The molecule has 11 aromatic carbocycles. The highest BCUT2D eigenvalue weighted by Gasteiger charge is 2.21. The molecule has 6 nitrogen and oxygen atoms in total. The topological polar surface area (TPSA) is 64.4 Å². The maximum absolute atomic E-state index is 11.0. The van der Waals surface area contributed by atoms with E-state index in [0.717, 1.165) is 111 Å². The Morgan fingerprint density at radius 3 is 1.09 bits per heavy atom. The first kappa shape index (κ1) is 43.9. The van der Waals surface area contributed by atoms with Crippen molar-refractivity contribution >= 4 is 65.4 Å². The molecular formula is C71H44N6. The molecule has 0 fully saturated rings. The number of nitriles is 1. The maximum Gasteiger partial charge on any atom is 0.160 e. The smallest absolute Gasteiger partial charge is 0.160 e. The number of nitrogens with zero attached hydrogens (tertiary/aromatic N) is 6. The van der Waals surface area contributed by atoms with E-state index in [2.05, 4.69) is 232 Å². The summed E-state index contributed by atoms with van der Waals surface area (Å²) >= 11 is 0. The van der Waals surface area contributed by atoms with Gasteiger partial charge >= 0.3 is 0 Å². The molecular weight excluding hydrogens is 937 g/mol. The zero-order valence-corrected chi connectivity index (χ0v) is 41.6. The lowest BCUT2D eigenvalue weighted by Crippen LogP contribution is -1.99. The normalized spacial score (nSPS) is 11.6. The van der Waals surface area contributed by atoms with Crippen molar-refractivity contribution in [2.75, 3.05) is 0 Å². The van der Waals surface area contributed by atoms with Crippen molar-refractivity contribution in [2.45, 2.75) is 0 Å². The van der Waals surface area contributed by atoms with Gasteiger partial charge in [-0.25, -0.2) is 9.97 Å². The predicted molar refractivity (Wildman–Crippen MR) is 317 cm³/mol. The van der Waals surface area contributed by atoms with Crippen LogP contribution in [0.5, 0.6) is 0 Å². The summed E-state index contributed by atoms with van der Waals surface area (Å²) in [7, 11) is 0. The Labute approximate surface area is 443 Å². The summed E-state index contributed by atoms with van der Waals surface area (Å²) in [4.78, 5) is 10.0. The number of rotatable bonds is 8. The molecule has 358 valence electrons. The van der Waals surface area contributed by atoms with E-state index in [4.69, 9.17) is 9.97 Å². The molecule has 4 heterocycles. The van der Waals surface area contributed by atoms with Crippen molar-refractivity contribution in [3.8, 4) is 79.3 Å². The van der Waals surface area contributed by atoms with Crippen molar-refractivity contribution < 1.29 is 0 Å². The Bertz CT molecular complexity index is 4510. The lowest BCUT2D eigenvalue weighted by molar-refractivity contribution is 1.15. The molecule has 0 aliphatic rings. The number of hydrogen-bond donors (Lipinski definition) is 0. The van der Waals surface area contributed by atoms with Gasteiger partial charge in [-0.1, -0.05) is 188 Å². The van der Waals surface area contributed by atoms with Crippen molar-refractivity contribution in [3.63, 3.8) is 0 Å². The minimum Gasteiger partial charge on any atom is -0.309 e. The first-order valence-corrected chi connectivity index (χ1v) is 25.9. The van der Waals surface area contributed by atoms with E-state index >= 15 is 0 Å². The summed E-state index contributed by atoms with van der Waals surface area (Å²) < 4.78 is 7.03. The van der Waals surface area contributed by atoms with Crippen molar-refractivity contribution in [2.24, 2.45) is 0 Å². The third-order valence-corrected chi connectivity index (χ3v) is 15.3. The van der Waals surface area contributed by atoms with E-state index in [1.807, 2.05) is 54.6 Å². The van der Waals surface area contributed by atoms with Crippen LogP contribution in [0.4, 0.5) is 0 Å². The van der Waals surface area contributed by atoms with Gasteiger partial charge in [0.15, 0.2) is 5.82 Å². The molecule has 0 N–H and O–H groups in total. The number of hydrogen-bond acceptors (Lipinski definition) is 3. The molecule has 0 aliphatic heterocycles. The molecule has 4 aromatic heterocycles. The molecule has 0 amide bonds. The van der Waals surface area contributed by atoms with E-state index in [1.54, 1.807) is 0 Å². The van der Waals surface area contributed by atoms with Gasteiger partial charge < -0.3 is 13.7 Å². The lowest BCUT2D eigenvalue weighted by atomic mass is 9.97. The summed E-state index contributed by atoms with van der Waals surface area (Å²) in [5.41, 5.74) is 19.2. The van der Waals surface area contributed by atoms with Crippen LogP contribution in [0.3, 0.4) is 0 Å². The largest absolute Gasteiger partial charge is 0.309 e. The number of para-hydroxylation sites is 4. The third-order valence-electron chi connectivity index (χ3n) is 15.3. The van der Waals surface area contributed by atoms with Crippen LogP contribution in [0, 0.1) is 11.3 Å². The fourth-order valence-corrected chi connectivity index (χ4v) is 11.7. The average Bonchev–Trinajstić information content (AvgIpc) is 4.35. The standard InChI is InChI=1S/C71H44N6/c72-45-53-41-52(48-29-27-46(28-30-48)47-31-33-50(34-32-47)63-44-62(49-15-3-1-4-16-49)73-71(74-63)51-17-5-2-6-18-51)35-38-64(53)77-69-39-36-54(75-65-23-11-7-19-56(65)57-20-8-12-24-66(57)75)42-60(69)61-43-55(37-40-70(61)77)76-67-25-13-9-21-58(67)59-22-10-14-26-68(59)76/h1-44H. The van der Waals surface area contributed by atoms with Crippen molar-refractivity contribution in [1.82, 2.24) is 23.7 Å². The number of benzene rings is 11. The quantitative estimate of drug-likeness (QED) is 0.152. The second kappa shape index (κ2) is 17.8. The summed E-state index contributed by atoms with van der Waals surface area (Å²) in [6, 6.07) is 96.7. The number of aromatic nitrogens is 5. The fourth-order valence-electron chi connectivity index (χ4n) is 11.7. The minimum absolute atomic E-state index is 0.592. The van der Waals surface area contributed by atoms with E-state index in [0.29, 0.717) is 11.4 Å². The molecule has 6 heteroatoms. The van der Waals surface area contributed by atoms with Crippen LogP contribution >= 0.6 is 0 Å². The molecule has 77 heavy (non-hydrogen) atoms. The lowest BCUT2D eigenvalue weighted by Gasteiger charge is -2.13. The van der Waals surface area contributed by atoms with Crippen LogP contribution in [0.25, 0.3) is 139 Å². The Balaban J connectivity index is 0.813. The summed E-state index contributed by atoms with van der Waals surface area (Å²) in [5.74, 6) is 0.694. The van der Waals surface area contributed by atoms with Crippen LogP contribution < -0.4 is 0 Å². The van der Waals surface area contributed by atoms with E-state index in [1.165, 1.54) is 21.5 Å². The molecule has 0 radical (unpaired) electrons. The zero-order chi connectivity index (χ0) is 51.0. The van der Waals surface area contributed by atoms with Gasteiger partial charge in [0, 0.05) is 60.4 Å². The molecule has 0 saturated heterocycles. The highest BCUT2D eigenvalue weighted by Crippen LogP contribution is 2.41. The van der Waals surface area contributed by atoms with E-state index in [9.17, 15) is 5.26 Å². The number of fused-ring (bicyclic) bond motifs is 9. The Morgan fingerprint density at radius 1 is 0.273 bits per heavy atom. The molecule has 15 aromatic rings. The Kier molecular flexibility index (Phi) is 10.2. The van der Waals surface area contributed by atoms with E-state index < -0.39 is 0 Å². The SMILES string of the molecule is N#Cc1cc(-c2ccc(-c3ccc(-c4cc(-c5ccccc5)nc(-c5ccccc5)n4)cc3)cc2)ccc1-n1c2ccc(-n3c4ccccc4c4ccccc43)cc2c2cc(-n3c4ccccc4c4ccccc43)ccc21. The van der Waals surface area contributed by atoms with Gasteiger partial charge in [0.2, 0.25) is 0 Å². The molecule has 0 spiro atoms. The predicted octanol–water partition coefficient (Wildman–Crippen LogP) is 18.0. The highest BCUT2D eigenvalue weighted by atomic mass is 15.0. The first-order valence-electron chi connectivity index (χ1n) is 25.9. The second-order valence-corrected chi connectivity index (χ2v) is 19.7. The third kappa shape index (κ3) is 7.25. The average molecular weight is 981 g/mol. The Hall–Kier alpha value is -10.6. The van der Waals surface area contributed by atoms with Gasteiger partial charge in [-0.15, -0.1) is 0 Å². The molecule has 0 atom stereocenters. The Morgan fingerprint density at radius 2 is 0.636 bits per heavy atom. The zero-order valence-electron chi connectivity index (χ0n) is 41.6. The van der Waals surface area contributed by atoms with Crippen LogP contribution in [-0.2, 0) is 0 Å². The fraction of sp³-hybridized carbons (Fsp3) is 0. The maximum atomic E-state index is 11.0. The molecule has 0 saturated carbocycles. The first-order chi connectivity index (χ1) is 38.1. The van der Waals surface area contributed by atoms with Crippen LogP contribution in [-0.4, -0.2) is 23.7 Å². The monoisotopic (exact) mass is 980 g/mol. The second-order valence-electron chi connectivity index (χ2n) is 19.7. The van der Waals surface area contributed by atoms with Crippen LogP contribution in [0.1, 0.15) is 5.56 Å². The minimum atomic E-state index is 0.592. The van der Waals surface area contributed by atoms with Gasteiger partial charge in [-0.3, -0.25) is 0 Å².